The maximum atomic E-state index is 10.9. The van der Waals surface area contributed by atoms with E-state index in [-0.39, 0.29) is 19.4 Å². The Hall–Kier alpha value is -0.150. The van der Waals surface area contributed by atoms with Crippen LogP contribution in [0, 0.1) is 0 Å². The molecule has 0 amide bonds. The minimum Gasteiger partial charge on any atom is -0.384 e. The van der Waals surface area contributed by atoms with Crippen molar-refractivity contribution in [2.75, 3.05) is 26.5 Å². The minimum absolute atomic E-state index is 0.0251. The van der Waals surface area contributed by atoms with Gasteiger partial charge >= 0.3 is 7.60 Å². The molecule has 0 rings (SSSR count). The van der Waals surface area contributed by atoms with Gasteiger partial charge in [-0.15, -0.1) is 6.58 Å². The van der Waals surface area contributed by atoms with E-state index in [1.165, 1.54) is 13.2 Å². The molecule has 0 bridgehead atoms. The zero-order chi connectivity index (χ0) is 8.74. The first-order valence-corrected chi connectivity index (χ1v) is 4.95. The highest BCUT2D eigenvalue weighted by Gasteiger charge is 2.17. The molecule has 1 atom stereocenters. The van der Waals surface area contributed by atoms with Gasteiger partial charge in [-0.2, -0.15) is 0 Å². The molecule has 0 saturated carbocycles. The third-order valence-corrected chi connectivity index (χ3v) is 2.27. The molecule has 0 fully saturated rings. The van der Waals surface area contributed by atoms with E-state index < -0.39 is 7.60 Å². The van der Waals surface area contributed by atoms with Crippen molar-refractivity contribution < 1.29 is 18.7 Å². The summed E-state index contributed by atoms with van der Waals surface area (Å²) in [6, 6.07) is 0. The highest BCUT2D eigenvalue weighted by Crippen LogP contribution is 2.40. The molecule has 0 aliphatic rings. The van der Waals surface area contributed by atoms with E-state index in [1.54, 1.807) is 0 Å². The molecule has 1 unspecified atom stereocenters. The Balaban J connectivity index is 3.61. The lowest BCUT2D eigenvalue weighted by molar-refractivity contribution is 0.205. The van der Waals surface area contributed by atoms with Gasteiger partial charge in [-0.3, -0.25) is 4.57 Å². The van der Waals surface area contributed by atoms with E-state index in [0.29, 0.717) is 0 Å². The Morgan fingerprint density at radius 3 is 2.82 bits per heavy atom. The molecule has 0 radical (unpaired) electrons. The average Bonchev–Trinajstić information content (AvgIpc) is 1.97. The molecule has 0 aliphatic heterocycles. The second-order valence-electron chi connectivity index (χ2n) is 1.94. The average molecular weight is 180 g/mol. The normalized spacial score (nSPS) is 15.8. The Bertz CT molecular complexity index is 157. The first-order chi connectivity index (χ1) is 5.12. The van der Waals surface area contributed by atoms with Crippen LogP contribution in [0.25, 0.3) is 0 Å². The van der Waals surface area contributed by atoms with Crippen molar-refractivity contribution in [1.29, 1.82) is 0 Å². The standard InChI is InChI=1S/C6H13O4P/c1-3-4-10-11(7,8)6-5-9-2/h3H,1,4-6H2,2H3,(H,7,8). The van der Waals surface area contributed by atoms with E-state index >= 15 is 0 Å². The third kappa shape index (κ3) is 6.26. The fraction of sp³-hybridized carbons (Fsp3) is 0.667. The molecule has 1 N–H and O–H groups in total. The second-order valence-corrected chi connectivity index (χ2v) is 3.92. The predicted molar refractivity (Wildman–Crippen MR) is 42.7 cm³/mol. The van der Waals surface area contributed by atoms with Gasteiger partial charge in [-0.25, -0.2) is 0 Å². The first kappa shape index (κ1) is 10.8. The number of ether oxygens (including phenoxy) is 1. The lowest BCUT2D eigenvalue weighted by Crippen LogP contribution is -2.00. The van der Waals surface area contributed by atoms with Crippen molar-refractivity contribution in [3.8, 4) is 0 Å². The molecule has 0 spiro atoms. The van der Waals surface area contributed by atoms with Crippen LogP contribution >= 0.6 is 7.60 Å². The second kappa shape index (κ2) is 5.49. The topological polar surface area (TPSA) is 55.8 Å². The van der Waals surface area contributed by atoms with Gasteiger partial charge in [-0.1, -0.05) is 6.08 Å². The van der Waals surface area contributed by atoms with E-state index in [1.807, 2.05) is 0 Å². The Kier molecular flexibility index (Phi) is 5.42. The molecule has 0 aromatic rings. The van der Waals surface area contributed by atoms with Crippen LogP contribution in [0.1, 0.15) is 0 Å². The van der Waals surface area contributed by atoms with E-state index in [0.717, 1.165) is 0 Å². The van der Waals surface area contributed by atoms with Crippen molar-refractivity contribution in [3.63, 3.8) is 0 Å². The number of methoxy groups -OCH3 is 1. The van der Waals surface area contributed by atoms with Crippen LogP contribution in [0.2, 0.25) is 0 Å². The van der Waals surface area contributed by atoms with Crippen LogP contribution < -0.4 is 0 Å². The maximum absolute atomic E-state index is 10.9. The van der Waals surface area contributed by atoms with E-state index in [4.69, 9.17) is 4.89 Å². The van der Waals surface area contributed by atoms with Crippen LogP contribution in [-0.4, -0.2) is 31.4 Å². The van der Waals surface area contributed by atoms with E-state index in [2.05, 4.69) is 15.8 Å². The summed E-state index contributed by atoms with van der Waals surface area (Å²) in [5, 5.41) is 0. The van der Waals surface area contributed by atoms with Gasteiger partial charge in [0.05, 0.1) is 19.4 Å². The predicted octanol–water partition coefficient (Wildman–Crippen LogP) is 1.02. The van der Waals surface area contributed by atoms with Gasteiger partial charge in [0.1, 0.15) is 0 Å². The zero-order valence-corrected chi connectivity index (χ0v) is 7.42. The summed E-state index contributed by atoms with van der Waals surface area (Å²) in [6.45, 7) is 3.68. The quantitative estimate of drug-likeness (QED) is 0.489. The zero-order valence-electron chi connectivity index (χ0n) is 6.52. The van der Waals surface area contributed by atoms with Crippen molar-refractivity contribution in [2.45, 2.75) is 0 Å². The molecule has 11 heavy (non-hydrogen) atoms. The molecule has 0 heterocycles. The van der Waals surface area contributed by atoms with Crippen LogP contribution in [-0.2, 0) is 13.8 Å². The minimum atomic E-state index is -3.42. The summed E-state index contributed by atoms with van der Waals surface area (Å²) in [7, 11) is -1.96. The van der Waals surface area contributed by atoms with Gasteiger partial charge in [0.15, 0.2) is 0 Å². The summed E-state index contributed by atoms with van der Waals surface area (Å²) in [6.07, 6.45) is 1.45. The maximum Gasteiger partial charge on any atom is 0.330 e. The highest BCUT2D eigenvalue weighted by atomic mass is 31.2. The van der Waals surface area contributed by atoms with Gasteiger partial charge < -0.3 is 14.2 Å². The molecule has 0 saturated heterocycles. The van der Waals surface area contributed by atoms with Crippen molar-refractivity contribution in [1.82, 2.24) is 0 Å². The van der Waals surface area contributed by atoms with Crippen LogP contribution in [0.5, 0.6) is 0 Å². The smallest absolute Gasteiger partial charge is 0.330 e. The summed E-state index contributed by atoms with van der Waals surface area (Å²) in [5.41, 5.74) is 0. The Morgan fingerprint density at radius 1 is 1.73 bits per heavy atom. The lowest BCUT2D eigenvalue weighted by Gasteiger charge is -2.09. The van der Waals surface area contributed by atoms with Gasteiger partial charge in [-0.05, 0) is 0 Å². The third-order valence-electron chi connectivity index (χ3n) is 0.972. The lowest BCUT2D eigenvalue weighted by atomic mass is 10.7. The van der Waals surface area contributed by atoms with Gasteiger partial charge in [0.25, 0.3) is 0 Å². The molecular weight excluding hydrogens is 167 g/mol. The molecule has 0 aromatic heterocycles. The fourth-order valence-electron chi connectivity index (χ4n) is 0.440. The summed E-state index contributed by atoms with van der Waals surface area (Å²) < 4.78 is 20.2. The largest absolute Gasteiger partial charge is 0.384 e. The monoisotopic (exact) mass is 180 g/mol. The van der Waals surface area contributed by atoms with E-state index in [9.17, 15) is 4.57 Å². The number of hydrogen-bond acceptors (Lipinski definition) is 3. The van der Waals surface area contributed by atoms with Gasteiger partial charge in [0, 0.05) is 7.11 Å². The molecule has 0 aromatic carbocycles. The number of rotatable bonds is 6. The summed E-state index contributed by atoms with van der Waals surface area (Å²) in [4.78, 5) is 8.98. The fourth-order valence-corrected chi connectivity index (χ4v) is 1.32. The SMILES string of the molecule is C=CCOP(=O)(O)CCOC. The molecule has 5 heteroatoms. The molecule has 4 nitrogen and oxygen atoms in total. The molecule has 0 aliphatic carbocycles. The van der Waals surface area contributed by atoms with Crippen LogP contribution in [0.3, 0.4) is 0 Å². The molecular formula is C6H13O4P. The van der Waals surface area contributed by atoms with Gasteiger partial charge in [0.2, 0.25) is 0 Å². The van der Waals surface area contributed by atoms with Crippen molar-refractivity contribution in [3.05, 3.63) is 12.7 Å². The highest BCUT2D eigenvalue weighted by molar-refractivity contribution is 7.52. The van der Waals surface area contributed by atoms with Crippen molar-refractivity contribution in [2.24, 2.45) is 0 Å². The summed E-state index contributed by atoms with van der Waals surface area (Å²) in [5.74, 6) is 0. The van der Waals surface area contributed by atoms with Crippen molar-refractivity contribution >= 4 is 7.60 Å². The Labute approximate surface area is 66.4 Å². The first-order valence-electron chi connectivity index (χ1n) is 3.18. The van der Waals surface area contributed by atoms with Crippen LogP contribution in [0.15, 0.2) is 12.7 Å². The van der Waals surface area contributed by atoms with Crippen LogP contribution in [0.4, 0.5) is 0 Å². The number of hydrogen-bond donors (Lipinski definition) is 1. The summed E-state index contributed by atoms with van der Waals surface area (Å²) >= 11 is 0. The Morgan fingerprint density at radius 2 is 2.36 bits per heavy atom. The molecule has 66 valence electrons.